The van der Waals surface area contributed by atoms with Gasteiger partial charge in [-0.25, -0.2) is 4.39 Å². The van der Waals surface area contributed by atoms with Crippen molar-refractivity contribution >= 4 is 11.8 Å². The Hall–Kier alpha value is -1.91. The van der Waals surface area contributed by atoms with Gasteiger partial charge in [-0.3, -0.25) is 9.59 Å². The van der Waals surface area contributed by atoms with E-state index in [0.717, 1.165) is 12.0 Å². The van der Waals surface area contributed by atoms with Crippen LogP contribution in [-0.4, -0.2) is 47.8 Å². The number of rotatable bonds is 3. The summed E-state index contributed by atoms with van der Waals surface area (Å²) < 4.78 is 12.9. The Morgan fingerprint density at radius 3 is 2.27 bits per heavy atom. The van der Waals surface area contributed by atoms with Gasteiger partial charge < -0.3 is 9.80 Å². The molecule has 0 aliphatic carbocycles. The van der Waals surface area contributed by atoms with Gasteiger partial charge in [-0.2, -0.15) is 0 Å². The second kappa shape index (κ2) is 7.38. The number of halogens is 1. The first kappa shape index (κ1) is 16.5. The molecule has 0 atom stereocenters. The lowest BCUT2D eigenvalue weighted by Crippen LogP contribution is -2.39. The molecule has 1 heterocycles. The van der Waals surface area contributed by atoms with E-state index in [1.807, 2.05) is 18.7 Å². The highest BCUT2D eigenvalue weighted by Gasteiger charge is 2.23. The minimum absolute atomic E-state index is 0.0125. The average molecular weight is 306 g/mol. The zero-order chi connectivity index (χ0) is 16.1. The number of amides is 2. The molecule has 4 nitrogen and oxygen atoms in total. The summed E-state index contributed by atoms with van der Waals surface area (Å²) in [4.78, 5) is 28.0. The molecule has 0 spiro atoms. The van der Waals surface area contributed by atoms with Crippen molar-refractivity contribution in [3.05, 3.63) is 35.6 Å². The second-order valence-electron chi connectivity index (χ2n) is 6.02. The van der Waals surface area contributed by atoms with Crippen LogP contribution in [0.25, 0.3) is 0 Å². The van der Waals surface area contributed by atoms with Gasteiger partial charge in [-0.1, -0.05) is 26.0 Å². The van der Waals surface area contributed by atoms with Crippen LogP contribution < -0.4 is 0 Å². The summed E-state index contributed by atoms with van der Waals surface area (Å²) in [6.07, 6.45) is 1.08. The molecule has 0 N–H and O–H groups in total. The molecule has 0 radical (unpaired) electrons. The molecule has 0 unspecified atom stereocenters. The Morgan fingerprint density at radius 2 is 1.64 bits per heavy atom. The molecule has 0 aromatic heterocycles. The molecule has 120 valence electrons. The fourth-order valence-electron chi connectivity index (χ4n) is 2.64. The monoisotopic (exact) mass is 306 g/mol. The van der Waals surface area contributed by atoms with Gasteiger partial charge in [0.05, 0.1) is 6.42 Å². The number of nitrogens with zero attached hydrogens (tertiary/aromatic N) is 2. The van der Waals surface area contributed by atoms with E-state index in [2.05, 4.69) is 0 Å². The lowest BCUT2D eigenvalue weighted by atomic mass is 10.1. The van der Waals surface area contributed by atoms with E-state index in [0.29, 0.717) is 26.2 Å². The maximum Gasteiger partial charge on any atom is 0.227 e. The zero-order valence-electron chi connectivity index (χ0n) is 13.2. The van der Waals surface area contributed by atoms with E-state index in [1.54, 1.807) is 17.0 Å². The normalized spacial score (nSPS) is 15.8. The van der Waals surface area contributed by atoms with Crippen molar-refractivity contribution < 1.29 is 14.0 Å². The van der Waals surface area contributed by atoms with Gasteiger partial charge in [0.2, 0.25) is 11.8 Å². The molecule has 1 aliphatic rings. The largest absolute Gasteiger partial charge is 0.341 e. The third-order valence-electron chi connectivity index (χ3n) is 3.92. The van der Waals surface area contributed by atoms with Crippen molar-refractivity contribution in [3.8, 4) is 0 Å². The fraction of sp³-hybridized carbons (Fsp3) is 0.529. The molecule has 0 bridgehead atoms. The molecule has 1 aliphatic heterocycles. The van der Waals surface area contributed by atoms with Gasteiger partial charge in [0.25, 0.3) is 0 Å². The third-order valence-corrected chi connectivity index (χ3v) is 3.92. The summed E-state index contributed by atoms with van der Waals surface area (Å²) in [5.41, 5.74) is 0.811. The standard InChI is InChI=1S/C17H23FN2O2/c1-13(2)17(22)20-9-3-8-19(10-11-20)16(21)12-14-4-6-15(18)7-5-14/h4-7,13H,3,8-12H2,1-2H3. The predicted octanol–water partition coefficient (Wildman–Crippen LogP) is 2.09. The quantitative estimate of drug-likeness (QED) is 0.858. The van der Waals surface area contributed by atoms with Crippen LogP contribution in [0.5, 0.6) is 0 Å². The first-order chi connectivity index (χ1) is 10.5. The van der Waals surface area contributed by atoms with Crippen LogP contribution >= 0.6 is 0 Å². The van der Waals surface area contributed by atoms with Crippen LogP contribution in [0.3, 0.4) is 0 Å². The maximum absolute atomic E-state index is 12.9. The Bertz CT molecular complexity index is 528. The highest BCUT2D eigenvalue weighted by Crippen LogP contribution is 2.10. The van der Waals surface area contributed by atoms with Crippen molar-refractivity contribution in [1.29, 1.82) is 0 Å². The Morgan fingerprint density at radius 1 is 1.05 bits per heavy atom. The lowest BCUT2D eigenvalue weighted by Gasteiger charge is -2.23. The minimum Gasteiger partial charge on any atom is -0.341 e. The Labute approximate surface area is 130 Å². The van der Waals surface area contributed by atoms with Crippen molar-refractivity contribution in [2.45, 2.75) is 26.7 Å². The highest BCUT2D eigenvalue weighted by molar-refractivity contribution is 5.80. The van der Waals surface area contributed by atoms with Crippen LogP contribution in [0.15, 0.2) is 24.3 Å². The molecule has 2 rings (SSSR count). The summed E-state index contributed by atoms with van der Waals surface area (Å²) in [5, 5.41) is 0. The van der Waals surface area contributed by atoms with Crippen LogP contribution in [0.1, 0.15) is 25.8 Å². The summed E-state index contributed by atoms with van der Waals surface area (Å²) in [6.45, 7) is 6.32. The fourth-order valence-corrected chi connectivity index (χ4v) is 2.64. The van der Waals surface area contributed by atoms with Crippen molar-refractivity contribution in [2.24, 2.45) is 5.92 Å². The number of carbonyl (C=O) groups is 2. The van der Waals surface area contributed by atoms with Crippen LogP contribution in [0, 0.1) is 11.7 Å². The topological polar surface area (TPSA) is 40.6 Å². The van der Waals surface area contributed by atoms with Crippen molar-refractivity contribution in [2.75, 3.05) is 26.2 Å². The van der Waals surface area contributed by atoms with Gasteiger partial charge >= 0.3 is 0 Å². The van der Waals surface area contributed by atoms with Gasteiger partial charge in [-0.15, -0.1) is 0 Å². The Kier molecular flexibility index (Phi) is 5.52. The molecular formula is C17H23FN2O2. The number of hydrogen-bond acceptors (Lipinski definition) is 2. The summed E-state index contributed by atoms with van der Waals surface area (Å²) in [6, 6.07) is 6.02. The van der Waals surface area contributed by atoms with Crippen LogP contribution in [-0.2, 0) is 16.0 Å². The summed E-state index contributed by atoms with van der Waals surface area (Å²) in [5.74, 6) is -0.131. The molecule has 1 aromatic carbocycles. The first-order valence-electron chi connectivity index (χ1n) is 7.78. The van der Waals surface area contributed by atoms with Crippen LogP contribution in [0.2, 0.25) is 0 Å². The average Bonchev–Trinajstić information content (AvgIpc) is 2.74. The molecule has 1 fully saturated rings. The number of carbonyl (C=O) groups excluding carboxylic acids is 2. The maximum atomic E-state index is 12.9. The van der Waals surface area contributed by atoms with E-state index in [1.165, 1.54) is 12.1 Å². The zero-order valence-corrected chi connectivity index (χ0v) is 13.2. The molecule has 22 heavy (non-hydrogen) atoms. The van der Waals surface area contributed by atoms with E-state index in [4.69, 9.17) is 0 Å². The Balaban J connectivity index is 1.91. The SMILES string of the molecule is CC(C)C(=O)N1CCCN(C(=O)Cc2ccc(F)cc2)CC1. The summed E-state index contributed by atoms with van der Waals surface area (Å²) in [7, 11) is 0. The summed E-state index contributed by atoms with van der Waals surface area (Å²) >= 11 is 0. The molecule has 1 saturated heterocycles. The van der Waals surface area contributed by atoms with E-state index in [-0.39, 0.29) is 30.0 Å². The van der Waals surface area contributed by atoms with Gasteiger partial charge in [0, 0.05) is 32.1 Å². The van der Waals surface area contributed by atoms with Gasteiger partial charge in [0.1, 0.15) is 5.82 Å². The smallest absolute Gasteiger partial charge is 0.227 e. The number of hydrogen-bond donors (Lipinski definition) is 0. The molecule has 0 saturated carbocycles. The highest BCUT2D eigenvalue weighted by atomic mass is 19.1. The molecular weight excluding hydrogens is 283 g/mol. The van der Waals surface area contributed by atoms with E-state index >= 15 is 0 Å². The van der Waals surface area contributed by atoms with Crippen LogP contribution in [0.4, 0.5) is 4.39 Å². The van der Waals surface area contributed by atoms with Gasteiger partial charge in [0.15, 0.2) is 0 Å². The first-order valence-corrected chi connectivity index (χ1v) is 7.78. The third kappa shape index (κ3) is 4.29. The van der Waals surface area contributed by atoms with Crippen molar-refractivity contribution in [1.82, 2.24) is 9.80 Å². The number of benzene rings is 1. The second-order valence-corrected chi connectivity index (χ2v) is 6.02. The van der Waals surface area contributed by atoms with E-state index in [9.17, 15) is 14.0 Å². The minimum atomic E-state index is -0.297. The predicted molar refractivity (Wildman–Crippen MR) is 82.7 cm³/mol. The molecule has 5 heteroatoms. The molecule has 2 amide bonds. The van der Waals surface area contributed by atoms with Crippen molar-refractivity contribution in [3.63, 3.8) is 0 Å². The lowest BCUT2D eigenvalue weighted by molar-refractivity contribution is -0.135. The van der Waals surface area contributed by atoms with E-state index < -0.39 is 0 Å². The molecule has 1 aromatic rings. The van der Waals surface area contributed by atoms with Gasteiger partial charge in [-0.05, 0) is 24.1 Å².